The Morgan fingerprint density at radius 1 is 0.840 bits per heavy atom. The van der Waals surface area contributed by atoms with Crippen molar-refractivity contribution in [2.45, 2.75) is 69.5 Å². The first-order valence-corrected chi connectivity index (χ1v) is 9.90. The highest BCUT2D eigenvalue weighted by Gasteiger charge is 2.46. The zero-order valence-electron chi connectivity index (χ0n) is 14.5. The minimum Gasteiger partial charge on any atom is -0.328 e. The summed E-state index contributed by atoms with van der Waals surface area (Å²) in [5.74, 6) is 0.207. The SMILES string of the molecule is O=C1[C@@H](c2ccc(Cl)cc2)N(C2CCCC2)C(=O)CN1C1CCCC1. The molecule has 0 spiro atoms. The second kappa shape index (κ2) is 6.99. The van der Waals surface area contributed by atoms with Gasteiger partial charge in [-0.2, -0.15) is 0 Å². The van der Waals surface area contributed by atoms with Gasteiger partial charge in [-0.1, -0.05) is 49.4 Å². The quantitative estimate of drug-likeness (QED) is 0.819. The third kappa shape index (κ3) is 3.17. The molecular formula is C20H25ClN2O2. The minimum atomic E-state index is -0.484. The van der Waals surface area contributed by atoms with E-state index in [0.717, 1.165) is 56.9 Å². The molecule has 1 aliphatic heterocycles. The van der Waals surface area contributed by atoms with Crippen LogP contribution in [0.15, 0.2) is 24.3 Å². The Balaban J connectivity index is 1.69. The average molecular weight is 361 g/mol. The molecule has 2 saturated carbocycles. The largest absolute Gasteiger partial charge is 0.328 e. The van der Waals surface area contributed by atoms with Gasteiger partial charge in [0.25, 0.3) is 5.91 Å². The van der Waals surface area contributed by atoms with E-state index in [-0.39, 0.29) is 30.4 Å². The smallest absolute Gasteiger partial charge is 0.250 e. The molecule has 1 aromatic rings. The van der Waals surface area contributed by atoms with Crippen LogP contribution in [0.3, 0.4) is 0 Å². The molecule has 2 amide bonds. The van der Waals surface area contributed by atoms with Gasteiger partial charge in [0.05, 0.1) is 0 Å². The van der Waals surface area contributed by atoms with Gasteiger partial charge in [-0.25, -0.2) is 0 Å². The number of carbonyl (C=O) groups excluding carboxylic acids is 2. The van der Waals surface area contributed by atoms with Gasteiger partial charge in [-0.05, 0) is 43.4 Å². The summed E-state index contributed by atoms with van der Waals surface area (Å²) in [5, 5.41) is 0.651. The number of benzene rings is 1. The summed E-state index contributed by atoms with van der Waals surface area (Å²) in [7, 11) is 0. The van der Waals surface area contributed by atoms with Crippen LogP contribution in [0.4, 0.5) is 0 Å². The molecule has 4 rings (SSSR count). The van der Waals surface area contributed by atoms with Gasteiger partial charge in [0.1, 0.15) is 12.6 Å². The molecule has 1 heterocycles. The van der Waals surface area contributed by atoms with Gasteiger partial charge < -0.3 is 9.80 Å². The molecule has 0 bridgehead atoms. The highest BCUT2D eigenvalue weighted by Crippen LogP contribution is 2.37. The summed E-state index contributed by atoms with van der Waals surface area (Å²) in [5.41, 5.74) is 0.886. The fourth-order valence-electron chi connectivity index (χ4n) is 4.80. The lowest BCUT2D eigenvalue weighted by atomic mass is 9.97. The second-order valence-electron chi connectivity index (χ2n) is 7.60. The van der Waals surface area contributed by atoms with Crippen molar-refractivity contribution in [1.82, 2.24) is 9.80 Å². The van der Waals surface area contributed by atoms with Crippen LogP contribution < -0.4 is 0 Å². The average Bonchev–Trinajstić information content (AvgIpc) is 3.30. The van der Waals surface area contributed by atoms with E-state index in [1.807, 2.05) is 34.1 Å². The maximum atomic E-state index is 13.4. The maximum Gasteiger partial charge on any atom is 0.250 e. The van der Waals surface area contributed by atoms with E-state index < -0.39 is 6.04 Å². The number of piperazine rings is 1. The summed E-state index contributed by atoms with van der Waals surface area (Å²) >= 11 is 6.04. The zero-order valence-corrected chi connectivity index (χ0v) is 15.3. The molecule has 0 aromatic heterocycles. The van der Waals surface area contributed by atoms with Crippen molar-refractivity contribution in [3.63, 3.8) is 0 Å². The fraction of sp³-hybridized carbons (Fsp3) is 0.600. The number of amides is 2. The van der Waals surface area contributed by atoms with Crippen molar-refractivity contribution in [1.29, 1.82) is 0 Å². The standard InChI is InChI=1S/C20H25ClN2O2/c21-15-11-9-14(10-12-15)19-20(25)22(16-5-1-2-6-16)13-18(24)23(19)17-7-3-4-8-17/h9-12,16-17,19H,1-8,13H2/t19-/m1/s1. The Labute approximate surface area is 154 Å². The number of rotatable bonds is 3. The number of carbonyl (C=O) groups is 2. The van der Waals surface area contributed by atoms with Crippen molar-refractivity contribution in [2.75, 3.05) is 6.54 Å². The first kappa shape index (κ1) is 16.9. The second-order valence-corrected chi connectivity index (χ2v) is 8.03. The molecule has 2 aliphatic carbocycles. The van der Waals surface area contributed by atoms with Crippen LogP contribution >= 0.6 is 11.6 Å². The predicted octanol–water partition coefficient (Wildman–Crippen LogP) is 3.94. The van der Waals surface area contributed by atoms with Crippen LogP contribution in [0.2, 0.25) is 5.02 Å². The summed E-state index contributed by atoms with van der Waals surface area (Å²) in [6, 6.07) is 7.38. The van der Waals surface area contributed by atoms with Crippen molar-refractivity contribution in [2.24, 2.45) is 0 Å². The van der Waals surface area contributed by atoms with E-state index in [0.29, 0.717) is 5.02 Å². The predicted molar refractivity (Wildman–Crippen MR) is 97.3 cm³/mol. The van der Waals surface area contributed by atoms with E-state index in [1.54, 1.807) is 0 Å². The topological polar surface area (TPSA) is 40.6 Å². The third-order valence-corrected chi connectivity index (χ3v) is 6.31. The van der Waals surface area contributed by atoms with Gasteiger partial charge in [0.15, 0.2) is 0 Å². The van der Waals surface area contributed by atoms with E-state index in [4.69, 9.17) is 11.6 Å². The third-order valence-electron chi connectivity index (χ3n) is 6.06. The van der Waals surface area contributed by atoms with Crippen LogP contribution in [0.5, 0.6) is 0 Å². The Bertz CT molecular complexity index is 648. The van der Waals surface area contributed by atoms with Gasteiger partial charge >= 0.3 is 0 Å². The summed E-state index contributed by atoms with van der Waals surface area (Å²) in [6.07, 6.45) is 8.65. The number of hydrogen-bond donors (Lipinski definition) is 0. The molecule has 5 heteroatoms. The van der Waals surface area contributed by atoms with Gasteiger partial charge in [-0.15, -0.1) is 0 Å². The maximum absolute atomic E-state index is 13.4. The molecule has 3 fully saturated rings. The lowest BCUT2D eigenvalue weighted by Gasteiger charge is -2.45. The van der Waals surface area contributed by atoms with Crippen molar-refractivity contribution >= 4 is 23.4 Å². The van der Waals surface area contributed by atoms with Crippen LogP contribution in [-0.2, 0) is 9.59 Å². The molecule has 0 unspecified atom stereocenters. The summed E-state index contributed by atoms with van der Waals surface area (Å²) in [4.78, 5) is 30.2. The van der Waals surface area contributed by atoms with E-state index in [1.165, 1.54) is 0 Å². The monoisotopic (exact) mass is 360 g/mol. The molecular weight excluding hydrogens is 336 g/mol. The molecule has 1 atom stereocenters. The van der Waals surface area contributed by atoms with Gasteiger partial charge in [0, 0.05) is 17.1 Å². The van der Waals surface area contributed by atoms with Crippen LogP contribution in [-0.4, -0.2) is 40.2 Å². The van der Waals surface area contributed by atoms with E-state index in [2.05, 4.69) is 0 Å². The molecule has 3 aliphatic rings. The highest BCUT2D eigenvalue weighted by atomic mass is 35.5. The van der Waals surface area contributed by atoms with E-state index >= 15 is 0 Å². The minimum absolute atomic E-state index is 0.0979. The number of hydrogen-bond acceptors (Lipinski definition) is 2. The Hall–Kier alpha value is -1.55. The van der Waals surface area contributed by atoms with Crippen LogP contribution in [0.1, 0.15) is 63.0 Å². The van der Waals surface area contributed by atoms with Crippen molar-refractivity contribution in [3.8, 4) is 0 Å². The molecule has 0 radical (unpaired) electrons. The Morgan fingerprint density at radius 3 is 2.00 bits per heavy atom. The lowest BCUT2D eigenvalue weighted by Crippen LogP contribution is -2.60. The molecule has 4 nitrogen and oxygen atoms in total. The Morgan fingerprint density at radius 2 is 1.40 bits per heavy atom. The number of halogens is 1. The van der Waals surface area contributed by atoms with Crippen LogP contribution in [0, 0.1) is 0 Å². The molecule has 1 aromatic carbocycles. The van der Waals surface area contributed by atoms with Crippen molar-refractivity contribution in [3.05, 3.63) is 34.9 Å². The summed E-state index contributed by atoms with van der Waals surface area (Å²) in [6.45, 7) is 0.254. The van der Waals surface area contributed by atoms with Gasteiger partial charge in [-0.3, -0.25) is 9.59 Å². The van der Waals surface area contributed by atoms with E-state index in [9.17, 15) is 9.59 Å². The highest BCUT2D eigenvalue weighted by molar-refractivity contribution is 6.30. The molecule has 1 saturated heterocycles. The first-order valence-electron chi connectivity index (χ1n) is 9.52. The lowest BCUT2D eigenvalue weighted by molar-refractivity contribution is -0.161. The molecule has 0 N–H and O–H groups in total. The molecule has 25 heavy (non-hydrogen) atoms. The normalized spacial score (nSPS) is 26.0. The summed E-state index contributed by atoms with van der Waals surface area (Å²) < 4.78 is 0. The van der Waals surface area contributed by atoms with Crippen LogP contribution in [0.25, 0.3) is 0 Å². The first-order chi connectivity index (χ1) is 12.1. The van der Waals surface area contributed by atoms with Crippen molar-refractivity contribution < 1.29 is 9.59 Å². The number of nitrogens with zero attached hydrogens (tertiary/aromatic N) is 2. The van der Waals surface area contributed by atoms with Gasteiger partial charge in [0.2, 0.25) is 5.91 Å². The zero-order chi connectivity index (χ0) is 17.4. The molecule has 134 valence electrons. The fourth-order valence-corrected chi connectivity index (χ4v) is 4.92. The Kier molecular flexibility index (Phi) is 4.72.